The Labute approximate surface area is 196 Å². The molecule has 0 amide bonds. The standard InChI is InChI=1S/C29H20ClN3/c30-26-22(25-18-21-14-7-8-17-24(21)31-25)15-9-16-23(26)29-32-27(19-10-3-1-4-11-19)28(33-29)20-12-5-2-6-13-20/h1-18,31H,(H,32,33). The van der Waals surface area contributed by atoms with E-state index in [1.54, 1.807) is 0 Å². The van der Waals surface area contributed by atoms with Crippen molar-refractivity contribution < 1.29 is 0 Å². The van der Waals surface area contributed by atoms with Gasteiger partial charge in [0.25, 0.3) is 0 Å². The van der Waals surface area contributed by atoms with Crippen molar-refractivity contribution in [2.24, 2.45) is 0 Å². The summed E-state index contributed by atoms with van der Waals surface area (Å²) in [5.74, 6) is 0.746. The number of halogens is 1. The SMILES string of the molecule is Clc1c(-c2cc3ccccc3[nH]2)cccc1-c1nc(-c2ccccc2)c(-c2ccccc2)[nH]1. The van der Waals surface area contributed by atoms with E-state index in [1.165, 1.54) is 0 Å². The maximum Gasteiger partial charge on any atom is 0.140 e. The zero-order chi connectivity index (χ0) is 22.2. The second-order valence-electron chi connectivity index (χ2n) is 7.98. The second-order valence-corrected chi connectivity index (χ2v) is 8.36. The highest BCUT2D eigenvalue weighted by Gasteiger charge is 2.18. The van der Waals surface area contributed by atoms with Gasteiger partial charge in [-0.15, -0.1) is 0 Å². The number of rotatable bonds is 4. The first-order valence-corrected chi connectivity index (χ1v) is 11.2. The average molecular weight is 446 g/mol. The van der Waals surface area contributed by atoms with E-state index in [2.05, 4.69) is 52.4 Å². The Balaban J connectivity index is 1.51. The summed E-state index contributed by atoms with van der Waals surface area (Å²) in [4.78, 5) is 12.1. The maximum atomic E-state index is 6.98. The number of fused-ring (bicyclic) bond motifs is 1. The van der Waals surface area contributed by atoms with Crippen molar-refractivity contribution in [1.29, 1.82) is 0 Å². The Kier molecular flexibility index (Phi) is 4.82. The van der Waals surface area contributed by atoms with E-state index in [9.17, 15) is 0 Å². The monoisotopic (exact) mass is 445 g/mol. The molecule has 6 aromatic rings. The largest absolute Gasteiger partial charge is 0.354 e. The lowest BCUT2D eigenvalue weighted by Crippen LogP contribution is -1.87. The topological polar surface area (TPSA) is 44.5 Å². The number of benzene rings is 4. The molecule has 4 heteroatoms. The van der Waals surface area contributed by atoms with Gasteiger partial charge in [-0.05, 0) is 18.2 Å². The minimum Gasteiger partial charge on any atom is -0.354 e. The Bertz CT molecular complexity index is 1470. The van der Waals surface area contributed by atoms with E-state index in [1.807, 2.05) is 66.7 Å². The summed E-state index contributed by atoms with van der Waals surface area (Å²) < 4.78 is 0. The van der Waals surface area contributed by atoms with E-state index in [-0.39, 0.29) is 0 Å². The third kappa shape index (κ3) is 3.53. The number of aromatic nitrogens is 3. The molecule has 0 atom stereocenters. The van der Waals surface area contributed by atoms with Gasteiger partial charge in [0.05, 0.1) is 16.4 Å². The third-order valence-electron chi connectivity index (χ3n) is 5.89. The highest BCUT2D eigenvalue weighted by molar-refractivity contribution is 6.36. The normalized spacial score (nSPS) is 11.2. The number of para-hydroxylation sites is 1. The van der Waals surface area contributed by atoms with Crippen LogP contribution >= 0.6 is 11.6 Å². The van der Waals surface area contributed by atoms with Crippen LogP contribution in [0.4, 0.5) is 0 Å². The average Bonchev–Trinajstić information content (AvgIpc) is 3.50. The summed E-state index contributed by atoms with van der Waals surface area (Å²) in [5, 5.41) is 1.82. The molecule has 2 heterocycles. The molecule has 2 N–H and O–H groups in total. The van der Waals surface area contributed by atoms with Crippen LogP contribution in [-0.4, -0.2) is 15.0 Å². The number of hydrogen-bond acceptors (Lipinski definition) is 1. The van der Waals surface area contributed by atoms with Crippen LogP contribution in [0.5, 0.6) is 0 Å². The van der Waals surface area contributed by atoms with Gasteiger partial charge >= 0.3 is 0 Å². The van der Waals surface area contributed by atoms with E-state index >= 15 is 0 Å². The number of nitrogens with zero attached hydrogens (tertiary/aromatic N) is 1. The molecule has 0 aliphatic carbocycles. The number of aromatic amines is 2. The molecule has 2 aromatic heterocycles. The lowest BCUT2D eigenvalue weighted by atomic mass is 10.1. The van der Waals surface area contributed by atoms with E-state index in [0.717, 1.165) is 56.1 Å². The highest BCUT2D eigenvalue weighted by Crippen LogP contribution is 2.39. The molecule has 0 fully saturated rings. The molecule has 0 aliphatic rings. The summed E-state index contributed by atoms with van der Waals surface area (Å²) in [7, 11) is 0. The first kappa shape index (κ1) is 19.6. The van der Waals surface area contributed by atoms with Crippen LogP contribution in [0.1, 0.15) is 0 Å². The van der Waals surface area contributed by atoms with Crippen LogP contribution < -0.4 is 0 Å². The predicted octanol–water partition coefficient (Wildman–Crippen LogP) is 8.21. The lowest BCUT2D eigenvalue weighted by molar-refractivity contribution is 1.31. The summed E-state index contributed by atoms with van der Waals surface area (Å²) >= 11 is 6.98. The molecule has 6 rings (SSSR count). The first-order valence-electron chi connectivity index (χ1n) is 10.9. The van der Waals surface area contributed by atoms with Gasteiger partial charge in [-0.3, -0.25) is 0 Å². The van der Waals surface area contributed by atoms with E-state index < -0.39 is 0 Å². The number of imidazole rings is 1. The van der Waals surface area contributed by atoms with Crippen molar-refractivity contribution in [3.05, 3.63) is 114 Å². The van der Waals surface area contributed by atoms with E-state index in [4.69, 9.17) is 16.6 Å². The fourth-order valence-electron chi connectivity index (χ4n) is 4.26. The quantitative estimate of drug-likeness (QED) is 0.282. The van der Waals surface area contributed by atoms with Gasteiger partial charge < -0.3 is 9.97 Å². The van der Waals surface area contributed by atoms with Crippen LogP contribution in [0.3, 0.4) is 0 Å². The van der Waals surface area contributed by atoms with Crippen molar-refractivity contribution in [3.63, 3.8) is 0 Å². The minimum atomic E-state index is 0.664. The predicted molar refractivity (Wildman–Crippen MR) is 137 cm³/mol. The molecule has 158 valence electrons. The van der Waals surface area contributed by atoms with Crippen molar-refractivity contribution in [2.75, 3.05) is 0 Å². The number of hydrogen-bond donors (Lipinski definition) is 2. The Morgan fingerprint density at radius 2 is 1.27 bits per heavy atom. The summed E-state index contributed by atoms with van der Waals surface area (Å²) in [6.07, 6.45) is 0. The van der Waals surface area contributed by atoms with Gasteiger partial charge in [-0.2, -0.15) is 0 Å². The molecule has 0 saturated carbocycles. The second kappa shape index (κ2) is 8.12. The number of nitrogens with one attached hydrogen (secondary N) is 2. The van der Waals surface area contributed by atoms with Crippen LogP contribution in [0, 0.1) is 0 Å². The lowest BCUT2D eigenvalue weighted by Gasteiger charge is -2.07. The minimum absolute atomic E-state index is 0.664. The van der Waals surface area contributed by atoms with Crippen molar-refractivity contribution >= 4 is 22.5 Å². The molecule has 0 spiro atoms. The Morgan fingerprint density at radius 1 is 0.606 bits per heavy atom. The first-order chi connectivity index (χ1) is 16.3. The molecule has 0 saturated heterocycles. The zero-order valence-corrected chi connectivity index (χ0v) is 18.5. The summed E-state index contributed by atoms with van der Waals surface area (Å²) in [6.45, 7) is 0. The molecule has 0 aliphatic heterocycles. The number of H-pyrrole nitrogens is 2. The van der Waals surface area contributed by atoms with Crippen molar-refractivity contribution in [1.82, 2.24) is 15.0 Å². The molecule has 0 unspecified atom stereocenters. The molecule has 0 radical (unpaired) electrons. The van der Waals surface area contributed by atoms with Gasteiger partial charge in [0, 0.05) is 38.9 Å². The van der Waals surface area contributed by atoms with Gasteiger partial charge in [-0.25, -0.2) is 4.98 Å². The fraction of sp³-hybridized carbons (Fsp3) is 0. The van der Waals surface area contributed by atoms with Crippen LogP contribution in [0.15, 0.2) is 109 Å². The van der Waals surface area contributed by atoms with Crippen molar-refractivity contribution in [3.8, 4) is 45.2 Å². The molecule has 0 bridgehead atoms. The van der Waals surface area contributed by atoms with Gasteiger partial charge in [0.1, 0.15) is 5.82 Å². The van der Waals surface area contributed by atoms with Gasteiger partial charge in [0.2, 0.25) is 0 Å². The van der Waals surface area contributed by atoms with Crippen LogP contribution in [0.2, 0.25) is 5.02 Å². The Morgan fingerprint density at radius 3 is 2.03 bits per heavy atom. The summed E-state index contributed by atoms with van der Waals surface area (Å²) in [5.41, 5.74) is 7.91. The highest BCUT2D eigenvalue weighted by atomic mass is 35.5. The smallest absolute Gasteiger partial charge is 0.140 e. The maximum absolute atomic E-state index is 6.98. The zero-order valence-electron chi connectivity index (χ0n) is 17.7. The van der Waals surface area contributed by atoms with Gasteiger partial charge in [-0.1, -0.05) is 103 Å². The third-order valence-corrected chi connectivity index (χ3v) is 6.29. The van der Waals surface area contributed by atoms with Crippen LogP contribution in [0.25, 0.3) is 56.1 Å². The molecular formula is C29H20ClN3. The molecule has 3 nitrogen and oxygen atoms in total. The van der Waals surface area contributed by atoms with Crippen molar-refractivity contribution in [2.45, 2.75) is 0 Å². The molecular weight excluding hydrogens is 426 g/mol. The Hall–Kier alpha value is -4.08. The van der Waals surface area contributed by atoms with Gasteiger partial charge in [0.15, 0.2) is 0 Å². The molecule has 4 aromatic carbocycles. The fourth-order valence-corrected chi connectivity index (χ4v) is 4.58. The van der Waals surface area contributed by atoms with E-state index in [0.29, 0.717) is 5.02 Å². The summed E-state index contributed by atoms with van der Waals surface area (Å²) in [6, 6.07) is 36.9. The molecule has 33 heavy (non-hydrogen) atoms. The van der Waals surface area contributed by atoms with Crippen LogP contribution in [-0.2, 0) is 0 Å².